The molecule has 0 aliphatic heterocycles. The summed E-state index contributed by atoms with van der Waals surface area (Å²) in [7, 11) is 1.69. The molecule has 0 aliphatic carbocycles. The highest BCUT2D eigenvalue weighted by Crippen LogP contribution is 2.43. The summed E-state index contributed by atoms with van der Waals surface area (Å²) < 4.78 is 35.1. The lowest BCUT2D eigenvalue weighted by molar-refractivity contribution is -0.870. The topological polar surface area (TPSA) is 91.3 Å². The number of esters is 1. The number of carbonyl (C=O) groups excluding carboxylic acids is 1. The van der Waals surface area contributed by atoms with Gasteiger partial charge in [0.1, 0.15) is 19.3 Å². The van der Waals surface area contributed by atoms with E-state index in [1.807, 2.05) is 21.1 Å². The van der Waals surface area contributed by atoms with Crippen LogP contribution in [0.5, 0.6) is 0 Å². The Morgan fingerprint density at radius 1 is 0.491 bits per heavy atom. The van der Waals surface area contributed by atoms with Crippen molar-refractivity contribution in [1.82, 2.24) is 0 Å². The average Bonchev–Trinajstić information content (AvgIpc) is 3.13. The molecule has 0 aliphatic rings. The van der Waals surface area contributed by atoms with Gasteiger partial charge in [0.25, 0.3) is 0 Å². The Kier molecular flexibility index (Phi) is 39.9. The van der Waals surface area contributed by atoms with Crippen molar-refractivity contribution < 1.29 is 37.3 Å². The first-order valence-corrected chi connectivity index (χ1v) is 25.3. The number of unbranched alkanes of at least 4 members (excludes halogenated alkanes) is 31. The van der Waals surface area contributed by atoms with Crippen LogP contribution in [-0.4, -0.2) is 75.6 Å². The van der Waals surface area contributed by atoms with E-state index in [1.165, 1.54) is 180 Å². The molecule has 0 aromatic carbocycles. The van der Waals surface area contributed by atoms with Gasteiger partial charge in [0.2, 0.25) is 0 Å². The Balaban J connectivity index is 4.14. The van der Waals surface area contributed by atoms with Crippen LogP contribution in [0.25, 0.3) is 0 Å². The largest absolute Gasteiger partial charge is 0.472 e. The van der Waals surface area contributed by atoms with E-state index in [0.717, 1.165) is 32.1 Å². The minimum atomic E-state index is -4.27. The van der Waals surface area contributed by atoms with E-state index in [4.69, 9.17) is 18.5 Å². The number of phosphoric acid groups is 1. The van der Waals surface area contributed by atoms with Crippen LogP contribution in [0.4, 0.5) is 0 Å². The van der Waals surface area contributed by atoms with Crippen LogP contribution in [0.15, 0.2) is 0 Å². The van der Waals surface area contributed by atoms with Crippen LogP contribution < -0.4 is 0 Å². The Hall–Kier alpha value is -0.500. The maximum Gasteiger partial charge on any atom is 0.472 e. The molecule has 55 heavy (non-hydrogen) atoms. The Morgan fingerprint density at radius 3 is 1.20 bits per heavy atom. The van der Waals surface area contributed by atoms with Crippen LogP contribution in [-0.2, 0) is 27.9 Å². The summed E-state index contributed by atoms with van der Waals surface area (Å²) >= 11 is 0. The smallest absolute Gasteiger partial charge is 0.457 e. The molecule has 0 spiro atoms. The fourth-order valence-electron chi connectivity index (χ4n) is 6.97. The molecule has 330 valence electrons. The van der Waals surface area contributed by atoms with Crippen molar-refractivity contribution in [2.24, 2.45) is 0 Å². The van der Waals surface area contributed by atoms with Gasteiger partial charge in [-0.1, -0.05) is 213 Å². The van der Waals surface area contributed by atoms with Gasteiger partial charge < -0.3 is 18.9 Å². The average molecular weight is 805 g/mol. The molecule has 0 radical (unpaired) electrons. The van der Waals surface area contributed by atoms with Gasteiger partial charge in [-0.05, 0) is 12.8 Å². The molecule has 2 unspecified atom stereocenters. The molecule has 0 fully saturated rings. The third-order valence-electron chi connectivity index (χ3n) is 10.7. The number of hydrogen-bond donors (Lipinski definition) is 1. The van der Waals surface area contributed by atoms with Crippen molar-refractivity contribution in [3.8, 4) is 0 Å². The SMILES string of the molecule is CCCCCCCCCCCCCCCCCCCC(=O)OC(COCCCCCCCCCCCCCCCCCC)COP(=O)(O)OCC[N+](C)(C)C. The van der Waals surface area contributed by atoms with Crippen molar-refractivity contribution >= 4 is 13.8 Å². The molecule has 0 aromatic heterocycles. The van der Waals surface area contributed by atoms with Gasteiger partial charge in [-0.3, -0.25) is 13.8 Å². The fourth-order valence-corrected chi connectivity index (χ4v) is 7.71. The number of likely N-dealkylation sites (N-methyl/N-ethyl adjacent to an activating group) is 1. The van der Waals surface area contributed by atoms with E-state index in [2.05, 4.69) is 13.8 Å². The van der Waals surface area contributed by atoms with Gasteiger partial charge in [-0.2, -0.15) is 0 Å². The predicted octanol–water partition coefficient (Wildman–Crippen LogP) is 14.1. The molecule has 2 atom stereocenters. The lowest BCUT2D eigenvalue weighted by Gasteiger charge is -2.24. The molecule has 0 rings (SSSR count). The lowest BCUT2D eigenvalue weighted by Crippen LogP contribution is -2.37. The number of hydrogen-bond acceptors (Lipinski definition) is 6. The maximum atomic E-state index is 12.7. The molecule has 0 saturated carbocycles. The highest BCUT2D eigenvalue weighted by molar-refractivity contribution is 7.47. The number of phosphoric ester groups is 1. The van der Waals surface area contributed by atoms with Crippen LogP contribution in [0, 0.1) is 0 Å². The number of carbonyl (C=O) groups is 1. The molecule has 0 amide bonds. The quantitative estimate of drug-likeness (QED) is 0.0284. The van der Waals surface area contributed by atoms with Crippen LogP contribution in [0.1, 0.15) is 232 Å². The third kappa shape index (κ3) is 44.4. The molecule has 1 N–H and O–H groups in total. The fraction of sp³-hybridized carbons (Fsp3) is 0.978. The molecule has 0 aromatic rings. The molecular formula is C46H95NO7P+. The van der Waals surface area contributed by atoms with Gasteiger partial charge in [0.05, 0.1) is 34.4 Å². The standard InChI is InChI=1S/C46H94NO7P/c1-6-8-10-12-14-16-18-20-22-24-25-27-29-31-33-35-37-39-46(48)54-45(44-53-55(49,50)52-42-40-47(3,4)5)43-51-41-38-36-34-32-30-28-26-23-21-19-17-15-13-11-9-7-2/h45H,6-44H2,1-5H3/p+1. The van der Waals surface area contributed by atoms with Crippen molar-refractivity contribution in [3.05, 3.63) is 0 Å². The van der Waals surface area contributed by atoms with E-state index in [-0.39, 0.29) is 25.8 Å². The van der Waals surface area contributed by atoms with E-state index in [0.29, 0.717) is 24.1 Å². The zero-order chi connectivity index (χ0) is 40.6. The highest BCUT2D eigenvalue weighted by Gasteiger charge is 2.26. The van der Waals surface area contributed by atoms with Gasteiger partial charge >= 0.3 is 13.8 Å². The Labute approximate surface area is 342 Å². The summed E-state index contributed by atoms with van der Waals surface area (Å²) in [6, 6.07) is 0. The summed E-state index contributed by atoms with van der Waals surface area (Å²) in [4.78, 5) is 22.9. The van der Waals surface area contributed by atoms with Crippen molar-refractivity contribution in [1.29, 1.82) is 0 Å². The van der Waals surface area contributed by atoms with E-state index in [9.17, 15) is 14.3 Å². The van der Waals surface area contributed by atoms with Crippen LogP contribution >= 0.6 is 7.82 Å². The summed E-state index contributed by atoms with van der Waals surface area (Å²) in [6.07, 6.45) is 42.7. The minimum absolute atomic E-state index is 0.0940. The Bertz CT molecular complexity index is 853. The van der Waals surface area contributed by atoms with Gasteiger partial charge in [0, 0.05) is 13.0 Å². The molecule has 0 saturated heterocycles. The number of quaternary nitrogens is 1. The second-order valence-electron chi connectivity index (χ2n) is 17.5. The van der Waals surface area contributed by atoms with E-state index >= 15 is 0 Å². The zero-order valence-electron chi connectivity index (χ0n) is 37.4. The molecule has 8 nitrogen and oxygen atoms in total. The monoisotopic (exact) mass is 805 g/mol. The number of ether oxygens (including phenoxy) is 2. The van der Waals surface area contributed by atoms with Crippen molar-refractivity contribution in [3.63, 3.8) is 0 Å². The van der Waals surface area contributed by atoms with Gasteiger partial charge in [-0.25, -0.2) is 4.57 Å². The summed E-state index contributed by atoms with van der Waals surface area (Å²) in [5, 5.41) is 0. The first-order chi connectivity index (χ1) is 26.6. The summed E-state index contributed by atoms with van der Waals surface area (Å²) in [5.41, 5.74) is 0. The normalized spacial score (nSPS) is 13.6. The molecule has 9 heteroatoms. The number of nitrogens with zero attached hydrogens (tertiary/aromatic N) is 1. The minimum Gasteiger partial charge on any atom is -0.457 e. The van der Waals surface area contributed by atoms with Crippen LogP contribution in [0.2, 0.25) is 0 Å². The van der Waals surface area contributed by atoms with Crippen molar-refractivity contribution in [2.45, 2.75) is 238 Å². The molecule has 0 heterocycles. The summed E-state index contributed by atoms with van der Waals surface area (Å²) in [5.74, 6) is -0.306. The number of rotatable bonds is 45. The second kappa shape index (κ2) is 40.3. The maximum absolute atomic E-state index is 12.7. The van der Waals surface area contributed by atoms with Crippen LogP contribution in [0.3, 0.4) is 0 Å². The molecule has 0 bridgehead atoms. The van der Waals surface area contributed by atoms with Gasteiger partial charge in [-0.15, -0.1) is 0 Å². The van der Waals surface area contributed by atoms with E-state index < -0.39 is 13.9 Å². The predicted molar refractivity (Wildman–Crippen MR) is 234 cm³/mol. The van der Waals surface area contributed by atoms with Crippen molar-refractivity contribution in [2.75, 3.05) is 54.1 Å². The van der Waals surface area contributed by atoms with Gasteiger partial charge in [0.15, 0.2) is 0 Å². The Morgan fingerprint density at radius 2 is 0.836 bits per heavy atom. The highest BCUT2D eigenvalue weighted by atomic mass is 31.2. The zero-order valence-corrected chi connectivity index (χ0v) is 38.3. The first-order valence-electron chi connectivity index (χ1n) is 23.8. The lowest BCUT2D eigenvalue weighted by atomic mass is 10.0. The van der Waals surface area contributed by atoms with E-state index in [1.54, 1.807) is 0 Å². The first kappa shape index (κ1) is 54.5. The summed E-state index contributed by atoms with van der Waals surface area (Å²) in [6.45, 7) is 5.69. The molecular weight excluding hydrogens is 709 g/mol. The third-order valence-corrected chi connectivity index (χ3v) is 11.7. The second-order valence-corrected chi connectivity index (χ2v) is 19.0.